The molecule has 0 aliphatic carbocycles. The van der Waals surface area contributed by atoms with Gasteiger partial charge in [0.05, 0.1) is 0 Å². The summed E-state index contributed by atoms with van der Waals surface area (Å²) >= 11 is 0.882. The van der Waals surface area contributed by atoms with Gasteiger partial charge in [0.1, 0.15) is 16.3 Å². The number of aromatic carboxylic acids is 1. The molecule has 2 aromatic rings. The highest BCUT2D eigenvalue weighted by Crippen LogP contribution is 2.34. The summed E-state index contributed by atoms with van der Waals surface area (Å²) in [5, 5.41) is 18.7. The van der Waals surface area contributed by atoms with Gasteiger partial charge in [-0.15, -0.1) is 0 Å². The zero-order chi connectivity index (χ0) is 11.7. The Morgan fingerprint density at radius 1 is 1.38 bits per heavy atom. The topological polar surface area (TPSA) is 96.4 Å². The lowest BCUT2D eigenvalue weighted by molar-refractivity contribution is 0.0702. The van der Waals surface area contributed by atoms with Crippen molar-refractivity contribution in [3.8, 4) is 17.0 Å². The number of phenols is 1. The van der Waals surface area contributed by atoms with Crippen molar-refractivity contribution in [2.75, 3.05) is 5.73 Å². The summed E-state index contributed by atoms with van der Waals surface area (Å²) in [6.07, 6.45) is 0. The maximum Gasteiger partial charge on any atom is 0.348 e. The quantitative estimate of drug-likeness (QED) is 0.738. The average molecular weight is 236 g/mol. The van der Waals surface area contributed by atoms with Crippen LogP contribution in [0.5, 0.6) is 5.75 Å². The molecule has 16 heavy (non-hydrogen) atoms. The second-order valence-electron chi connectivity index (χ2n) is 3.05. The summed E-state index contributed by atoms with van der Waals surface area (Å²) < 4.78 is 0. The molecule has 0 atom stereocenters. The molecule has 1 heterocycles. The Bertz CT molecular complexity index is 551. The molecule has 0 radical (unpaired) electrons. The number of hydrogen-bond acceptors (Lipinski definition) is 5. The van der Waals surface area contributed by atoms with E-state index in [2.05, 4.69) is 4.98 Å². The SMILES string of the molecule is Nc1nc(-c2ccccc2O)c(C(=O)O)s1. The van der Waals surface area contributed by atoms with Crippen molar-refractivity contribution < 1.29 is 15.0 Å². The van der Waals surface area contributed by atoms with E-state index in [4.69, 9.17) is 10.8 Å². The van der Waals surface area contributed by atoms with Crippen LogP contribution < -0.4 is 5.73 Å². The van der Waals surface area contributed by atoms with Gasteiger partial charge in [0, 0.05) is 5.56 Å². The molecule has 0 unspecified atom stereocenters. The fourth-order valence-electron chi connectivity index (χ4n) is 1.34. The highest BCUT2D eigenvalue weighted by molar-refractivity contribution is 7.17. The van der Waals surface area contributed by atoms with E-state index >= 15 is 0 Å². The van der Waals surface area contributed by atoms with Crippen molar-refractivity contribution in [2.45, 2.75) is 0 Å². The van der Waals surface area contributed by atoms with Crippen LogP contribution in [0.15, 0.2) is 24.3 Å². The van der Waals surface area contributed by atoms with Gasteiger partial charge in [-0.2, -0.15) is 0 Å². The maximum atomic E-state index is 11.0. The van der Waals surface area contributed by atoms with Crippen LogP contribution in [0.1, 0.15) is 9.67 Å². The molecule has 1 aromatic heterocycles. The Morgan fingerprint density at radius 2 is 2.06 bits per heavy atom. The molecule has 0 saturated carbocycles. The summed E-state index contributed by atoms with van der Waals surface area (Å²) in [5.41, 5.74) is 6.04. The summed E-state index contributed by atoms with van der Waals surface area (Å²) in [5.74, 6) is -1.12. The van der Waals surface area contributed by atoms with E-state index in [9.17, 15) is 9.90 Å². The van der Waals surface area contributed by atoms with Gasteiger partial charge in [0.2, 0.25) is 0 Å². The first kappa shape index (κ1) is 10.4. The second-order valence-corrected chi connectivity index (χ2v) is 4.08. The summed E-state index contributed by atoms with van der Waals surface area (Å²) in [6, 6.07) is 6.40. The van der Waals surface area contributed by atoms with Crippen LogP contribution in [-0.4, -0.2) is 21.2 Å². The number of carbonyl (C=O) groups is 1. The largest absolute Gasteiger partial charge is 0.507 e. The van der Waals surface area contributed by atoms with Crippen LogP contribution in [0.2, 0.25) is 0 Å². The number of thiazole rings is 1. The lowest BCUT2D eigenvalue weighted by atomic mass is 10.1. The van der Waals surface area contributed by atoms with Crippen LogP contribution in [0.4, 0.5) is 5.13 Å². The van der Waals surface area contributed by atoms with Crippen molar-refractivity contribution in [2.24, 2.45) is 0 Å². The van der Waals surface area contributed by atoms with E-state index in [0.29, 0.717) is 5.56 Å². The van der Waals surface area contributed by atoms with Crippen molar-refractivity contribution in [1.29, 1.82) is 0 Å². The number of para-hydroxylation sites is 1. The third-order valence-corrected chi connectivity index (χ3v) is 2.87. The minimum Gasteiger partial charge on any atom is -0.507 e. The van der Waals surface area contributed by atoms with Crippen molar-refractivity contribution in [3.05, 3.63) is 29.1 Å². The van der Waals surface area contributed by atoms with E-state index in [-0.39, 0.29) is 21.5 Å². The molecule has 0 spiro atoms. The van der Waals surface area contributed by atoms with E-state index in [1.807, 2.05) is 0 Å². The molecule has 0 bridgehead atoms. The van der Waals surface area contributed by atoms with E-state index in [1.54, 1.807) is 18.2 Å². The molecule has 4 N–H and O–H groups in total. The Balaban J connectivity index is 2.64. The minimum absolute atomic E-state index is 0.0182. The van der Waals surface area contributed by atoms with Gasteiger partial charge in [0.15, 0.2) is 5.13 Å². The first-order valence-corrected chi connectivity index (χ1v) is 5.19. The van der Waals surface area contributed by atoms with Crippen molar-refractivity contribution in [1.82, 2.24) is 4.98 Å². The molecule has 0 saturated heterocycles. The smallest absolute Gasteiger partial charge is 0.348 e. The number of carboxylic acid groups (broad SMARTS) is 1. The van der Waals surface area contributed by atoms with Crippen LogP contribution >= 0.6 is 11.3 Å². The molecule has 0 aliphatic rings. The minimum atomic E-state index is -1.10. The fourth-order valence-corrected chi connectivity index (χ4v) is 2.02. The molecule has 2 rings (SSSR count). The van der Waals surface area contributed by atoms with Crippen LogP contribution in [0, 0.1) is 0 Å². The number of nitrogen functional groups attached to an aromatic ring is 1. The van der Waals surface area contributed by atoms with Gasteiger partial charge in [-0.05, 0) is 12.1 Å². The number of hydrogen-bond donors (Lipinski definition) is 3. The maximum absolute atomic E-state index is 11.0. The van der Waals surface area contributed by atoms with Crippen LogP contribution in [0.3, 0.4) is 0 Å². The van der Waals surface area contributed by atoms with Crippen LogP contribution in [0.25, 0.3) is 11.3 Å². The Morgan fingerprint density at radius 3 is 2.69 bits per heavy atom. The summed E-state index contributed by atoms with van der Waals surface area (Å²) in [7, 11) is 0. The molecular weight excluding hydrogens is 228 g/mol. The van der Waals surface area contributed by atoms with Gasteiger partial charge in [0.25, 0.3) is 0 Å². The third kappa shape index (κ3) is 1.70. The van der Waals surface area contributed by atoms with Gasteiger partial charge in [-0.1, -0.05) is 23.5 Å². The predicted molar refractivity (Wildman–Crippen MR) is 60.6 cm³/mol. The molecule has 5 nitrogen and oxygen atoms in total. The second kappa shape index (κ2) is 3.82. The third-order valence-electron chi connectivity index (χ3n) is 2.00. The molecule has 82 valence electrons. The highest BCUT2D eigenvalue weighted by Gasteiger charge is 2.19. The highest BCUT2D eigenvalue weighted by atomic mass is 32.1. The van der Waals surface area contributed by atoms with Gasteiger partial charge >= 0.3 is 5.97 Å². The number of phenolic OH excluding ortho intramolecular Hbond substituents is 1. The van der Waals surface area contributed by atoms with Crippen molar-refractivity contribution >= 4 is 22.4 Å². The molecule has 0 fully saturated rings. The molecular formula is C10H8N2O3S. The van der Waals surface area contributed by atoms with Gasteiger partial charge in [-0.25, -0.2) is 9.78 Å². The zero-order valence-corrected chi connectivity index (χ0v) is 8.86. The number of carboxylic acids is 1. The lowest BCUT2D eigenvalue weighted by Crippen LogP contribution is -1.95. The first-order valence-electron chi connectivity index (χ1n) is 4.37. The number of benzene rings is 1. The summed E-state index contributed by atoms with van der Waals surface area (Å²) in [6.45, 7) is 0. The molecule has 0 amide bonds. The Hall–Kier alpha value is -2.08. The number of nitrogens with zero attached hydrogens (tertiary/aromatic N) is 1. The van der Waals surface area contributed by atoms with Gasteiger partial charge in [-0.3, -0.25) is 0 Å². The van der Waals surface area contributed by atoms with Crippen molar-refractivity contribution in [3.63, 3.8) is 0 Å². The number of anilines is 1. The van der Waals surface area contributed by atoms with Gasteiger partial charge < -0.3 is 15.9 Å². The average Bonchev–Trinajstić information content (AvgIpc) is 2.61. The van der Waals surface area contributed by atoms with E-state index in [0.717, 1.165) is 11.3 Å². The predicted octanol–water partition coefficient (Wildman–Crippen LogP) is 1.80. The van der Waals surface area contributed by atoms with E-state index < -0.39 is 5.97 Å². The number of rotatable bonds is 2. The Kier molecular flexibility index (Phi) is 2.49. The molecule has 6 heteroatoms. The zero-order valence-electron chi connectivity index (χ0n) is 8.04. The lowest BCUT2D eigenvalue weighted by Gasteiger charge is -2.01. The number of nitrogens with two attached hydrogens (primary N) is 1. The molecule has 1 aromatic carbocycles. The monoisotopic (exact) mass is 236 g/mol. The normalized spacial score (nSPS) is 10.2. The van der Waals surface area contributed by atoms with E-state index in [1.165, 1.54) is 6.07 Å². The van der Waals surface area contributed by atoms with Crippen LogP contribution in [-0.2, 0) is 0 Å². The fraction of sp³-hybridized carbons (Fsp3) is 0. The Labute approximate surface area is 94.8 Å². The first-order chi connectivity index (χ1) is 7.59. The number of aromatic hydroxyl groups is 1. The number of aromatic nitrogens is 1. The standard InChI is InChI=1S/C10H8N2O3S/c11-10-12-7(8(16-10)9(14)15)5-3-1-2-4-6(5)13/h1-4,13H,(H2,11,12)(H,14,15). The molecule has 0 aliphatic heterocycles. The summed E-state index contributed by atoms with van der Waals surface area (Å²) in [4.78, 5) is 14.9.